The molecule has 0 spiro atoms. The molecule has 0 aromatic heterocycles. The lowest BCUT2D eigenvalue weighted by Crippen LogP contribution is -1.74. The average Bonchev–Trinajstić information content (AvgIpc) is 2.05. The molecule has 2 N–H and O–H groups in total. The molecule has 0 aliphatic rings. The lowest BCUT2D eigenvalue weighted by atomic mass is 10.1. The first-order chi connectivity index (χ1) is 5.75. The quantitative estimate of drug-likeness (QED) is 0.563. The monoisotopic (exact) mass is 156 g/mol. The lowest BCUT2D eigenvalue weighted by molar-refractivity contribution is 1.49. The summed E-state index contributed by atoms with van der Waals surface area (Å²) in [6.45, 7) is 0. The summed E-state index contributed by atoms with van der Waals surface area (Å²) in [5.74, 6) is 0. The fourth-order valence-electron chi connectivity index (χ4n) is 1.25. The van der Waals surface area contributed by atoms with E-state index in [0.29, 0.717) is 11.4 Å². The predicted octanol–water partition coefficient (Wildman–Crippen LogP) is 2.67. The highest BCUT2D eigenvalue weighted by atomic mass is 14.5. The smallest absolute Gasteiger partial charge is 0.0546 e. The molecule has 0 amide bonds. The summed E-state index contributed by atoms with van der Waals surface area (Å²) >= 11 is 0. The Labute approximate surface area is 70.8 Å². The second-order valence-electron chi connectivity index (χ2n) is 2.78. The highest BCUT2D eigenvalue weighted by Gasteiger charge is 1.94. The molecule has 2 aromatic rings. The van der Waals surface area contributed by atoms with Crippen LogP contribution in [0.4, 0.5) is 11.4 Å². The van der Waals surface area contributed by atoms with E-state index in [1.165, 1.54) is 0 Å². The maximum Gasteiger partial charge on any atom is 0.0546 e. The summed E-state index contributed by atoms with van der Waals surface area (Å²) in [4.78, 5) is 0. The molecule has 12 heavy (non-hydrogen) atoms. The first kappa shape index (κ1) is 6.98. The van der Waals surface area contributed by atoms with Crippen molar-refractivity contribution in [3.05, 3.63) is 36.4 Å². The Bertz CT molecular complexity index is 380. The van der Waals surface area contributed by atoms with Crippen LogP contribution in [0, 0.1) is 0 Å². The molecule has 0 fully saturated rings. The van der Waals surface area contributed by atoms with Crippen molar-refractivity contribution in [2.24, 2.45) is 0 Å². The number of hydrogen-bond acceptors (Lipinski definition) is 0. The van der Waals surface area contributed by atoms with Gasteiger partial charge in [0.1, 0.15) is 0 Å². The van der Waals surface area contributed by atoms with Crippen LogP contribution in [0.3, 0.4) is 0 Å². The van der Waals surface area contributed by atoms with Gasteiger partial charge in [-0.15, -0.1) is 0 Å². The third-order valence-electron chi connectivity index (χ3n) is 1.84. The van der Waals surface area contributed by atoms with Crippen molar-refractivity contribution >= 4 is 22.1 Å². The zero-order valence-electron chi connectivity index (χ0n) is 6.46. The minimum Gasteiger partial charge on any atom is -0.301 e. The molecule has 0 saturated heterocycles. The van der Waals surface area contributed by atoms with Gasteiger partial charge in [0, 0.05) is 0 Å². The van der Waals surface area contributed by atoms with Gasteiger partial charge in [-0.3, -0.25) is 0 Å². The Balaban J connectivity index is 2.79. The van der Waals surface area contributed by atoms with Crippen molar-refractivity contribution in [2.45, 2.75) is 0 Å². The molecule has 2 nitrogen and oxygen atoms in total. The molecule has 0 heterocycles. The van der Waals surface area contributed by atoms with Crippen molar-refractivity contribution in [3.8, 4) is 0 Å². The van der Waals surface area contributed by atoms with Gasteiger partial charge in [-0.1, -0.05) is 12.1 Å². The molecule has 0 saturated carbocycles. The van der Waals surface area contributed by atoms with Gasteiger partial charge in [0.25, 0.3) is 0 Å². The van der Waals surface area contributed by atoms with E-state index in [-0.39, 0.29) is 0 Å². The lowest BCUT2D eigenvalue weighted by Gasteiger charge is -1.98. The summed E-state index contributed by atoms with van der Waals surface area (Å²) in [7, 11) is 0. The Morgan fingerprint density at radius 3 is 1.50 bits per heavy atom. The fourth-order valence-corrected chi connectivity index (χ4v) is 1.25. The molecule has 2 aromatic carbocycles. The molecule has 0 bridgehead atoms. The van der Waals surface area contributed by atoms with E-state index in [1.807, 2.05) is 12.1 Å². The van der Waals surface area contributed by atoms with Crippen molar-refractivity contribution < 1.29 is 0 Å². The van der Waals surface area contributed by atoms with Gasteiger partial charge in [-0.25, -0.2) is 0 Å². The van der Waals surface area contributed by atoms with Gasteiger partial charge in [0.15, 0.2) is 0 Å². The number of hydrogen-bond donors (Lipinski definition) is 0. The number of rotatable bonds is 0. The average molecular weight is 156 g/mol. The molecule has 2 rings (SSSR count). The van der Waals surface area contributed by atoms with E-state index >= 15 is 0 Å². The number of nitrogens with one attached hydrogen (secondary N) is 2. The standard InChI is InChI=1S/C10H8N2/c11-9-3-1-7-5-10(12)4-2-8(7)6-9/h1-6,11-12H. The van der Waals surface area contributed by atoms with Crippen LogP contribution in [-0.4, -0.2) is 0 Å². The third-order valence-corrected chi connectivity index (χ3v) is 1.84. The SMILES string of the molecule is [NH]c1ccc2cc([NH])ccc2c1. The van der Waals surface area contributed by atoms with Gasteiger partial charge in [-0.2, -0.15) is 0 Å². The van der Waals surface area contributed by atoms with Gasteiger partial charge < -0.3 is 11.5 Å². The van der Waals surface area contributed by atoms with Gasteiger partial charge in [0.05, 0.1) is 11.4 Å². The van der Waals surface area contributed by atoms with Gasteiger partial charge >= 0.3 is 0 Å². The molecule has 0 aliphatic carbocycles. The second kappa shape index (κ2) is 2.41. The molecule has 0 unspecified atom stereocenters. The zero-order valence-corrected chi connectivity index (χ0v) is 6.46. The molecular weight excluding hydrogens is 148 g/mol. The van der Waals surface area contributed by atoms with Crippen LogP contribution in [-0.2, 0) is 0 Å². The van der Waals surface area contributed by atoms with Crippen LogP contribution in [0.1, 0.15) is 0 Å². The topological polar surface area (TPSA) is 47.6 Å². The summed E-state index contributed by atoms with van der Waals surface area (Å²) in [6.07, 6.45) is 0. The molecule has 0 aliphatic heterocycles. The molecule has 2 radical (unpaired) electrons. The van der Waals surface area contributed by atoms with E-state index < -0.39 is 0 Å². The Morgan fingerprint density at radius 2 is 1.08 bits per heavy atom. The fraction of sp³-hybridized carbons (Fsp3) is 0. The van der Waals surface area contributed by atoms with Crippen molar-refractivity contribution in [1.29, 1.82) is 0 Å². The van der Waals surface area contributed by atoms with Gasteiger partial charge in [0.2, 0.25) is 0 Å². The van der Waals surface area contributed by atoms with Gasteiger partial charge in [-0.05, 0) is 35.0 Å². The van der Waals surface area contributed by atoms with Crippen molar-refractivity contribution in [3.63, 3.8) is 0 Å². The Morgan fingerprint density at radius 1 is 0.667 bits per heavy atom. The van der Waals surface area contributed by atoms with Crippen molar-refractivity contribution in [1.82, 2.24) is 11.5 Å². The molecule has 58 valence electrons. The van der Waals surface area contributed by atoms with Crippen LogP contribution in [0.15, 0.2) is 36.4 Å². The van der Waals surface area contributed by atoms with Crippen LogP contribution >= 0.6 is 0 Å². The summed E-state index contributed by atoms with van der Waals surface area (Å²) in [6, 6.07) is 10.8. The predicted molar refractivity (Wildman–Crippen MR) is 49.5 cm³/mol. The van der Waals surface area contributed by atoms with E-state index in [1.54, 1.807) is 24.3 Å². The third kappa shape index (κ3) is 1.07. The first-order valence-corrected chi connectivity index (χ1v) is 3.73. The maximum atomic E-state index is 7.38. The summed E-state index contributed by atoms with van der Waals surface area (Å²) < 4.78 is 0. The minimum atomic E-state index is 0.514. The van der Waals surface area contributed by atoms with E-state index in [9.17, 15) is 0 Å². The van der Waals surface area contributed by atoms with E-state index in [2.05, 4.69) is 0 Å². The number of fused-ring (bicyclic) bond motifs is 1. The maximum absolute atomic E-state index is 7.38. The molecule has 2 heteroatoms. The Kier molecular flexibility index (Phi) is 1.40. The summed E-state index contributed by atoms with van der Waals surface area (Å²) in [5, 5.41) is 2.05. The van der Waals surface area contributed by atoms with E-state index in [4.69, 9.17) is 11.5 Å². The first-order valence-electron chi connectivity index (χ1n) is 3.73. The minimum absolute atomic E-state index is 0.514. The zero-order chi connectivity index (χ0) is 8.55. The second-order valence-corrected chi connectivity index (χ2v) is 2.78. The highest BCUT2D eigenvalue weighted by Crippen LogP contribution is 2.20. The van der Waals surface area contributed by atoms with Crippen LogP contribution < -0.4 is 11.5 Å². The number of benzene rings is 2. The summed E-state index contributed by atoms with van der Waals surface area (Å²) in [5.41, 5.74) is 15.8. The molecule has 0 atom stereocenters. The van der Waals surface area contributed by atoms with Crippen LogP contribution in [0.5, 0.6) is 0 Å². The van der Waals surface area contributed by atoms with Crippen LogP contribution in [0.2, 0.25) is 0 Å². The highest BCUT2D eigenvalue weighted by molar-refractivity contribution is 5.87. The van der Waals surface area contributed by atoms with Crippen LogP contribution in [0.25, 0.3) is 10.8 Å². The Hall–Kier alpha value is -1.70. The van der Waals surface area contributed by atoms with Crippen molar-refractivity contribution in [2.75, 3.05) is 0 Å². The normalized spacial score (nSPS) is 10.3. The largest absolute Gasteiger partial charge is 0.301 e. The molecular formula is C10H8N2. The van der Waals surface area contributed by atoms with E-state index in [0.717, 1.165) is 10.8 Å².